The Balaban J connectivity index is 2.64. The fourth-order valence-electron chi connectivity index (χ4n) is 4.38. The van der Waals surface area contributed by atoms with Gasteiger partial charge in [-0.15, -0.1) is 0 Å². The van der Waals surface area contributed by atoms with Gasteiger partial charge in [0.15, 0.2) is 17.8 Å². The smallest absolute Gasteiger partial charge is 0.295 e. The molecule has 1 heterocycles. The number of nitrogens with zero attached hydrogens (tertiary/aromatic N) is 1. The van der Waals surface area contributed by atoms with Crippen molar-refractivity contribution in [2.24, 2.45) is 11.7 Å². The van der Waals surface area contributed by atoms with Gasteiger partial charge in [-0.05, 0) is 46.5 Å². The predicted molar refractivity (Wildman–Crippen MR) is 141 cm³/mol. The summed E-state index contributed by atoms with van der Waals surface area (Å²) in [4.78, 5) is 74.7. The van der Waals surface area contributed by atoms with Crippen molar-refractivity contribution in [2.75, 3.05) is 13.1 Å². The van der Waals surface area contributed by atoms with Gasteiger partial charge in [0.2, 0.25) is 17.7 Å². The summed E-state index contributed by atoms with van der Waals surface area (Å²) in [6.45, 7) is 4.86. The third kappa shape index (κ3) is 12.0. The lowest BCUT2D eigenvalue weighted by atomic mass is 9.93. The number of nitrogens with two attached hydrogens (primary N) is 1. The molecule has 3 amide bonds. The lowest BCUT2D eigenvalue weighted by Crippen LogP contribution is -2.46. The Morgan fingerprint density at radius 2 is 1.77 bits per heavy atom. The first-order valence-electron chi connectivity index (χ1n) is 13.4. The van der Waals surface area contributed by atoms with Crippen LogP contribution in [0.2, 0.25) is 0 Å². The van der Waals surface area contributed by atoms with Crippen LogP contribution in [0.5, 0.6) is 0 Å². The molecule has 1 aliphatic rings. The lowest BCUT2D eigenvalue weighted by molar-refractivity contribution is -0.156. The first-order chi connectivity index (χ1) is 18.4. The van der Waals surface area contributed by atoms with Gasteiger partial charge in [-0.3, -0.25) is 28.8 Å². The van der Waals surface area contributed by atoms with Crippen LogP contribution in [0.15, 0.2) is 0 Å². The van der Waals surface area contributed by atoms with Crippen molar-refractivity contribution >= 4 is 41.5 Å². The number of carbonyl (C=O) groups excluding carboxylic acids is 6. The zero-order valence-corrected chi connectivity index (χ0v) is 23.1. The molecule has 0 saturated carbocycles. The molecule has 1 aliphatic heterocycles. The fraction of sp³-hybridized carbons (Fsp3) is 0.731. The van der Waals surface area contributed by atoms with Gasteiger partial charge in [0.05, 0.1) is 30.7 Å². The van der Waals surface area contributed by atoms with E-state index in [1.165, 1.54) is 18.7 Å². The van der Waals surface area contributed by atoms with Crippen LogP contribution < -0.4 is 16.4 Å². The van der Waals surface area contributed by atoms with Crippen molar-refractivity contribution in [3.8, 4) is 0 Å². The molecule has 0 bridgehead atoms. The van der Waals surface area contributed by atoms with E-state index >= 15 is 0 Å². The number of Topliss-reactive ketones (excluding diaryl/α,β-unsaturated/α-hetero) is 2. The largest absolute Gasteiger partial charge is 0.444 e. The van der Waals surface area contributed by atoms with Crippen molar-refractivity contribution in [1.82, 2.24) is 15.5 Å². The molecule has 0 aromatic carbocycles. The molecule has 0 aromatic rings. The molecule has 0 aromatic heterocycles. The summed E-state index contributed by atoms with van der Waals surface area (Å²) < 4.78 is 4.93. The SMILES string of the molecule is CC(=N)CCCCC(NC(=O)CN)C(=O)CCC(=O)NC(C)C(=O)CC(C(=O)N1CCCC1OC=O)C(C)O. The maximum Gasteiger partial charge on any atom is 0.295 e. The van der Waals surface area contributed by atoms with Crippen molar-refractivity contribution in [3.63, 3.8) is 0 Å². The maximum atomic E-state index is 13.0. The molecule has 0 radical (unpaired) electrons. The molecule has 0 spiro atoms. The molecule has 0 aliphatic carbocycles. The van der Waals surface area contributed by atoms with E-state index in [-0.39, 0.29) is 38.1 Å². The van der Waals surface area contributed by atoms with Crippen LogP contribution in [0.4, 0.5) is 0 Å². The number of hydrogen-bond donors (Lipinski definition) is 5. The van der Waals surface area contributed by atoms with Gasteiger partial charge in [-0.1, -0.05) is 6.42 Å². The molecule has 5 unspecified atom stereocenters. The number of unbranched alkanes of at least 4 members (excludes halogenated alkanes) is 1. The number of hydrogen-bond acceptors (Lipinski definition) is 10. The van der Waals surface area contributed by atoms with Crippen LogP contribution in [-0.4, -0.2) is 89.0 Å². The van der Waals surface area contributed by atoms with Gasteiger partial charge in [-0.25, -0.2) is 0 Å². The maximum absolute atomic E-state index is 13.0. The van der Waals surface area contributed by atoms with Gasteiger partial charge in [0.25, 0.3) is 6.47 Å². The predicted octanol–water partition coefficient (Wildman–Crippen LogP) is -0.0383. The Kier molecular flexibility index (Phi) is 15.1. The average Bonchev–Trinajstić information content (AvgIpc) is 3.34. The van der Waals surface area contributed by atoms with Crippen molar-refractivity contribution in [1.29, 1.82) is 5.41 Å². The minimum Gasteiger partial charge on any atom is -0.444 e. The fourth-order valence-corrected chi connectivity index (χ4v) is 4.38. The second kappa shape index (κ2) is 17.4. The van der Waals surface area contributed by atoms with Gasteiger partial charge < -0.3 is 36.5 Å². The molecular weight excluding hydrogens is 510 g/mol. The summed E-state index contributed by atoms with van der Waals surface area (Å²) in [6.07, 6.45) is 0.758. The normalized spacial score (nSPS) is 17.9. The highest BCUT2D eigenvalue weighted by atomic mass is 16.5. The number of aliphatic hydroxyl groups is 1. The van der Waals surface area contributed by atoms with Crippen LogP contribution in [0.1, 0.15) is 78.6 Å². The van der Waals surface area contributed by atoms with Gasteiger partial charge in [-0.2, -0.15) is 0 Å². The highest BCUT2D eigenvalue weighted by Gasteiger charge is 2.37. The Morgan fingerprint density at radius 3 is 2.36 bits per heavy atom. The highest BCUT2D eigenvalue weighted by Crippen LogP contribution is 2.23. The number of amides is 3. The van der Waals surface area contributed by atoms with Crippen LogP contribution in [0.25, 0.3) is 0 Å². The van der Waals surface area contributed by atoms with Gasteiger partial charge in [0.1, 0.15) is 0 Å². The van der Waals surface area contributed by atoms with Crippen LogP contribution in [-0.2, 0) is 33.5 Å². The van der Waals surface area contributed by atoms with Gasteiger partial charge >= 0.3 is 0 Å². The minimum absolute atomic E-state index is 0.159. The molecule has 13 heteroatoms. The Morgan fingerprint density at radius 1 is 1.08 bits per heavy atom. The van der Waals surface area contributed by atoms with Crippen LogP contribution >= 0.6 is 0 Å². The minimum atomic E-state index is -1.15. The Labute approximate surface area is 229 Å². The number of aliphatic hydroxyl groups excluding tert-OH is 1. The average molecular weight is 554 g/mol. The van der Waals surface area contributed by atoms with Crippen LogP contribution in [0.3, 0.4) is 0 Å². The molecule has 1 saturated heterocycles. The molecule has 5 atom stereocenters. The van der Waals surface area contributed by atoms with E-state index in [0.29, 0.717) is 50.8 Å². The summed E-state index contributed by atoms with van der Waals surface area (Å²) >= 11 is 0. The number of ketones is 2. The van der Waals surface area contributed by atoms with Crippen LogP contribution in [0, 0.1) is 11.3 Å². The quantitative estimate of drug-likeness (QED) is 0.0824. The van der Waals surface area contributed by atoms with E-state index in [1.807, 2.05) is 0 Å². The summed E-state index contributed by atoms with van der Waals surface area (Å²) in [5.41, 5.74) is 5.87. The van der Waals surface area contributed by atoms with E-state index in [4.69, 9.17) is 15.9 Å². The number of likely N-dealkylation sites (tertiary alicyclic amines) is 1. The molecular formula is C26H43N5O8. The van der Waals surface area contributed by atoms with E-state index in [0.717, 1.165) is 0 Å². The third-order valence-electron chi connectivity index (χ3n) is 6.68. The molecule has 220 valence electrons. The first kappa shape index (κ1) is 33.8. The Bertz CT molecular complexity index is 894. The molecule has 13 nitrogen and oxygen atoms in total. The summed E-state index contributed by atoms with van der Waals surface area (Å²) in [5, 5.41) is 22.7. The summed E-state index contributed by atoms with van der Waals surface area (Å²) in [7, 11) is 0. The summed E-state index contributed by atoms with van der Waals surface area (Å²) in [5.74, 6) is -3.43. The number of ether oxygens (including phenoxy) is 1. The Hall–Kier alpha value is -3.19. The van der Waals surface area contributed by atoms with E-state index < -0.39 is 53.8 Å². The standard InChI is InChI=1S/C26H43N5O8/c1-16(28)7-4-5-8-20(30-24(37)14-27)21(34)10-11-23(36)29-17(2)22(35)13-19(18(3)33)26(38)31-12-6-9-25(31)39-15-32/h15,17-20,25,28,33H,4-14,27H2,1-3H3,(H,29,36)(H,30,37). The lowest BCUT2D eigenvalue weighted by Gasteiger charge is -2.29. The van der Waals surface area contributed by atoms with Crippen molar-refractivity contribution in [3.05, 3.63) is 0 Å². The van der Waals surface area contributed by atoms with E-state index in [2.05, 4.69) is 10.6 Å². The zero-order chi connectivity index (χ0) is 29.5. The third-order valence-corrected chi connectivity index (χ3v) is 6.68. The second-order valence-corrected chi connectivity index (χ2v) is 9.98. The number of rotatable bonds is 19. The topological polar surface area (TPSA) is 209 Å². The molecule has 39 heavy (non-hydrogen) atoms. The highest BCUT2D eigenvalue weighted by molar-refractivity contribution is 5.94. The molecule has 1 rings (SSSR count). The first-order valence-corrected chi connectivity index (χ1v) is 13.4. The van der Waals surface area contributed by atoms with E-state index in [1.54, 1.807) is 6.92 Å². The number of carbonyl (C=O) groups is 6. The zero-order valence-electron chi connectivity index (χ0n) is 23.1. The van der Waals surface area contributed by atoms with Crippen molar-refractivity contribution in [2.45, 2.75) is 103 Å². The summed E-state index contributed by atoms with van der Waals surface area (Å²) in [6, 6.07) is -1.77. The van der Waals surface area contributed by atoms with Crippen molar-refractivity contribution < 1.29 is 38.6 Å². The van der Waals surface area contributed by atoms with Gasteiger partial charge in [0, 0.05) is 37.9 Å². The molecule has 6 N–H and O–H groups in total. The monoisotopic (exact) mass is 553 g/mol. The second-order valence-electron chi connectivity index (χ2n) is 9.98. The number of nitrogens with one attached hydrogen (secondary N) is 3. The van der Waals surface area contributed by atoms with E-state index in [9.17, 15) is 33.9 Å². The molecule has 1 fully saturated rings.